The Morgan fingerprint density at radius 2 is 0.981 bits per heavy atom. The highest BCUT2D eigenvalue weighted by Crippen LogP contribution is 2.42. The van der Waals surface area contributed by atoms with Crippen molar-refractivity contribution in [3.8, 4) is 57.7 Å². The zero-order valence-corrected chi connectivity index (χ0v) is 28.7. The third kappa shape index (κ3) is 4.77. The first-order valence-electron chi connectivity index (χ1n) is 17.6. The first-order valence-corrected chi connectivity index (χ1v) is 17.6. The van der Waals surface area contributed by atoms with E-state index in [-0.39, 0.29) is 0 Å². The summed E-state index contributed by atoms with van der Waals surface area (Å²) in [7, 11) is 0. The molecule has 7 aromatic carbocycles. The summed E-state index contributed by atoms with van der Waals surface area (Å²) in [5, 5.41) is 24.4. The predicted molar refractivity (Wildman–Crippen MR) is 214 cm³/mol. The molecular formula is C47H27N7. The Morgan fingerprint density at radius 3 is 1.63 bits per heavy atom. The Hall–Kier alpha value is -7.87. The second-order valence-electron chi connectivity index (χ2n) is 13.1. The lowest BCUT2D eigenvalue weighted by Gasteiger charge is -2.13. The summed E-state index contributed by atoms with van der Waals surface area (Å²) in [5.74, 6) is 1.70. The maximum Gasteiger partial charge on any atom is 0.238 e. The summed E-state index contributed by atoms with van der Waals surface area (Å²) >= 11 is 0. The van der Waals surface area contributed by atoms with Crippen molar-refractivity contribution in [1.82, 2.24) is 24.1 Å². The number of hydrogen-bond acceptors (Lipinski definition) is 5. The Labute approximate surface area is 309 Å². The molecule has 54 heavy (non-hydrogen) atoms. The molecule has 0 aliphatic heterocycles. The molecule has 0 aliphatic rings. The number of benzene rings is 7. The van der Waals surface area contributed by atoms with Gasteiger partial charge in [-0.05, 0) is 48.0 Å². The quantitative estimate of drug-likeness (QED) is 0.179. The van der Waals surface area contributed by atoms with Gasteiger partial charge in [-0.25, -0.2) is 4.98 Å². The van der Waals surface area contributed by atoms with Gasteiger partial charge in [0.25, 0.3) is 0 Å². The van der Waals surface area contributed by atoms with Crippen molar-refractivity contribution < 1.29 is 0 Å². The third-order valence-electron chi connectivity index (χ3n) is 10.1. The predicted octanol–water partition coefficient (Wildman–Crippen LogP) is 10.8. The van der Waals surface area contributed by atoms with Gasteiger partial charge in [0.1, 0.15) is 0 Å². The van der Waals surface area contributed by atoms with Crippen LogP contribution in [0.4, 0.5) is 0 Å². The minimum absolute atomic E-state index is 0.459. The summed E-state index contributed by atoms with van der Waals surface area (Å²) in [5.41, 5.74) is 9.07. The van der Waals surface area contributed by atoms with Gasteiger partial charge in [-0.15, -0.1) is 0 Å². The van der Waals surface area contributed by atoms with Crippen LogP contribution in [-0.2, 0) is 0 Å². The van der Waals surface area contributed by atoms with Crippen molar-refractivity contribution in [2.45, 2.75) is 0 Å². The van der Waals surface area contributed by atoms with Gasteiger partial charge in [-0.2, -0.15) is 20.5 Å². The van der Waals surface area contributed by atoms with E-state index in [9.17, 15) is 10.5 Å². The van der Waals surface area contributed by atoms with Crippen LogP contribution >= 0.6 is 0 Å². The summed E-state index contributed by atoms with van der Waals surface area (Å²) in [4.78, 5) is 15.2. The largest absolute Gasteiger partial charge is 0.309 e. The maximum absolute atomic E-state index is 10.0. The minimum atomic E-state index is 0.459. The van der Waals surface area contributed by atoms with Crippen LogP contribution < -0.4 is 0 Å². The van der Waals surface area contributed by atoms with E-state index >= 15 is 0 Å². The van der Waals surface area contributed by atoms with Gasteiger partial charge in [0.05, 0.1) is 45.3 Å². The standard InChI is InChI=1S/C47H27N7/c48-28-33-18-11-19-34(29-49)42(33)32-17-12-20-35(27-32)53-39-23-9-7-21-36(39)37-25-26-41-43(44(37)53)38-22-8-10-24-40(38)54(41)47-51-45(30-13-3-1-4-14-30)50-46(52-47)31-15-5-2-6-16-31/h1-27H. The van der Waals surface area contributed by atoms with Crippen LogP contribution in [0.5, 0.6) is 0 Å². The molecule has 0 fully saturated rings. The van der Waals surface area contributed by atoms with E-state index in [0.717, 1.165) is 66.0 Å². The van der Waals surface area contributed by atoms with Crippen molar-refractivity contribution in [2.24, 2.45) is 0 Å². The molecule has 0 bridgehead atoms. The van der Waals surface area contributed by atoms with Crippen LogP contribution in [0, 0.1) is 22.7 Å². The Morgan fingerprint density at radius 1 is 0.426 bits per heavy atom. The Bertz CT molecular complexity index is 3090. The van der Waals surface area contributed by atoms with Crippen LogP contribution in [0.15, 0.2) is 164 Å². The molecule has 3 aromatic heterocycles. The molecule has 7 heteroatoms. The van der Waals surface area contributed by atoms with Gasteiger partial charge in [-0.3, -0.25) is 4.57 Å². The second-order valence-corrected chi connectivity index (χ2v) is 13.1. The van der Waals surface area contributed by atoms with Gasteiger partial charge in [-0.1, -0.05) is 121 Å². The van der Waals surface area contributed by atoms with Crippen molar-refractivity contribution in [2.75, 3.05) is 0 Å². The third-order valence-corrected chi connectivity index (χ3v) is 10.1. The molecule has 0 saturated heterocycles. The Kier molecular flexibility index (Phi) is 7.11. The molecule has 10 aromatic rings. The van der Waals surface area contributed by atoms with Gasteiger partial charge in [0.15, 0.2) is 11.6 Å². The summed E-state index contributed by atoms with van der Waals surface area (Å²) in [6.07, 6.45) is 0. The number of fused-ring (bicyclic) bond motifs is 7. The fourth-order valence-electron chi connectivity index (χ4n) is 7.74. The lowest BCUT2D eigenvalue weighted by molar-refractivity contribution is 0.953. The van der Waals surface area contributed by atoms with E-state index in [1.807, 2.05) is 78.9 Å². The fraction of sp³-hybridized carbons (Fsp3) is 0. The van der Waals surface area contributed by atoms with E-state index < -0.39 is 0 Å². The highest BCUT2D eigenvalue weighted by atomic mass is 15.2. The summed E-state index contributed by atoms with van der Waals surface area (Å²) < 4.78 is 4.44. The SMILES string of the molecule is N#Cc1cccc(C#N)c1-c1cccc(-n2c3ccccc3c3ccc4c(c5ccccc5n4-c4nc(-c5ccccc5)nc(-c5ccccc5)n4)c32)c1. The molecule has 0 unspecified atom stereocenters. The number of nitrogens with zero attached hydrogens (tertiary/aromatic N) is 7. The molecule has 0 radical (unpaired) electrons. The van der Waals surface area contributed by atoms with Crippen LogP contribution in [0.2, 0.25) is 0 Å². The van der Waals surface area contributed by atoms with E-state index in [1.165, 1.54) is 0 Å². The van der Waals surface area contributed by atoms with Crippen LogP contribution in [0.1, 0.15) is 11.1 Å². The number of aromatic nitrogens is 5. The molecule has 0 spiro atoms. The highest BCUT2D eigenvalue weighted by Gasteiger charge is 2.23. The number of para-hydroxylation sites is 2. The van der Waals surface area contributed by atoms with Crippen molar-refractivity contribution in [3.63, 3.8) is 0 Å². The van der Waals surface area contributed by atoms with E-state index in [0.29, 0.717) is 34.3 Å². The first-order chi connectivity index (χ1) is 26.7. The van der Waals surface area contributed by atoms with Gasteiger partial charge >= 0.3 is 0 Å². The average molecular weight is 690 g/mol. The summed E-state index contributed by atoms with van der Waals surface area (Å²) in [6.45, 7) is 0. The van der Waals surface area contributed by atoms with Crippen molar-refractivity contribution in [1.29, 1.82) is 10.5 Å². The molecule has 0 aliphatic carbocycles. The highest BCUT2D eigenvalue weighted by molar-refractivity contribution is 6.26. The van der Waals surface area contributed by atoms with Crippen LogP contribution in [-0.4, -0.2) is 24.1 Å². The number of hydrogen-bond donors (Lipinski definition) is 0. The molecule has 10 rings (SSSR count). The van der Waals surface area contributed by atoms with Gasteiger partial charge in [0, 0.05) is 43.9 Å². The van der Waals surface area contributed by atoms with Crippen LogP contribution in [0.25, 0.3) is 89.2 Å². The molecule has 250 valence electrons. The molecule has 0 saturated carbocycles. The molecule has 0 atom stereocenters. The fourth-order valence-corrected chi connectivity index (χ4v) is 7.74. The first kappa shape index (κ1) is 30.9. The minimum Gasteiger partial charge on any atom is -0.309 e. The topological polar surface area (TPSA) is 96.1 Å². The smallest absolute Gasteiger partial charge is 0.238 e. The summed E-state index contributed by atoms with van der Waals surface area (Å²) in [6, 6.07) is 59.2. The zero-order valence-electron chi connectivity index (χ0n) is 28.7. The zero-order chi connectivity index (χ0) is 36.2. The van der Waals surface area contributed by atoms with Gasteiger partial charge < -0.3 is 4.57 Å². The maximum atomic E-state index is 10.0. The van der Waals surface area contributed by atoms with E-state index in [1.54, 1.807) is 18.2 Å². The van der Waals surface area contributed by atoms with Gasteiger partial charge in [0.2, 0.25) is 5.95 Å². The second kappa shape index (κ2) is 12.4. The number of nitriles is 2. The Balaban J connectivity index is 1.30. The van der Waals surface area contributed by atoms with E-state index in [4.69, 9.17) is 15.0 Å². The number of rotatable bonds is 5. The van der Waals surface area contributed by atoms with Crippen molar-refractivity contribution in [3.05, 3.63) is 175 Å². The normalized spacial score (nSPS) is 11.3. The molecule has 0 amide bonds. The van der Waals surface area contributed by atoms with Crippen molar-refractivity contribution >= 4 is 43.6 Å². The molecule has 0 N–H and O–H groups in total. The van der Waals surface area contributed by atoms with E-state index in [2.05, 4.69) is 88.0 Å². The monoisotopic (exact) mass is 689 g/mol. The molecule has 3 heterocycles. The lowest BCUT2D eigenvalue weighted by Crippen LogP contribution is -2.06. The molecular weight excluding hydrogens is 663 g/mol. The average Bonchev–Trinajstić information content (AvgIpc) is 3.77. The van der Waals surface area contributed by atoms with Crippen LogP contribution in [0.3, 0.4) is 0 Å². The lowest BCUT2D eigenvalue weighted by atomic mass is 9.95. The molecule has 7 nitrogen and oxygen atoms in total.